The Labute approximate surface area is 108 Å². The van der Waals surface area contributed by atoms with E-state index < -0.39 is 0 Å². The van der Waals surface area contributed by atoms with Crippen molar-refractivity contribution in [2.24, 2.45) is 0 Å². The minimum Gasteiger partial charge on any atom is -0.393 e. The molecule has 0 fully saturated rings. The van der Waals surface area contributed by atoms with E-state index in [1.54, 1.807) is 13.3 Å². The first-order valence-electron chi connectivity index (χ1n) is 5.49. The van der Waals surface area contributed by atoms with Gasteiger partial charge >= 0.3 is 0 Å². The van der Waals surface area contributed by atoms with Crippen molar-refractivity contribution in [3.8, 4) is 0 Å². The van der Waals surface area contributed by atoms with Crippen LogP contribution in [0.4, 0.5) is 5.82 Å². The van der Waals surface area contributed by atoms with Gasteiger partial charge in [0, 0.05) is 16.4 Å². The van der Waals surface area contributed by atoms with Crippen molar-refractivity contribution < 1.29 is 5.11 Å². The lowest BCUT2D eigenvalue weighted by molar-refractivity contribution is 0.188. The number of benzene rings is 1. The molecule has 0 saturated heterocycles. The molecule has 0 aliphatic heterocycles. The fourth-order valence-corrected chi connectivity index (χ4v) is 1.93. The predicted octanol–water partition coefficient (Wildman–Crippen LogP) is 2.58. The van der Waals surface area contributed by atoms with Gasteiger partial charge in [0.05, 0.1) is 11.6 Å². The second-order valence-electron chi connectivity index (χ2n) is 3.95. The van der Waals surface area contributed by atoms with Crippen molar-refractivity contribution in [1.29, 1.82) is 0 Å². The van der Waals surface area contributed by atoms with Crippen LogP contribution in [-0.2, 0) is 0 Å². The van der Waals surface area contributed by atoms with Gasteiger partial charge in [0.25, 0.3) is 0 Å². The van der Waals surface area contributed by atoms with Crippen LogP contribution in [0.3, 0.4) is 0 Å². The third-order valence-electron chi connectivity index (χ3n) is 2.45. The molecule has 1 heterocycles. The molecule has 2 rings (SSSR count). The molecule has 17 heavy (non-hydrogen) atoms. The highest BCUT2D eigenvalue weighted by atomic mass is 79.9. The van der Waals surface area contributed by atoms with Crippen molar-refractivity contribution in [2.45, 2.75) is 19.4 Å². The molecule has 90 valence electrons. The quantitative estimate of drug-likeness (QED) is 0.910. The summed E-state index contributed by atoms with van der Waals surface area (Å²) in [6, 6.07) is 5.88. The van der Waals surface area contributed by atoms with Crippen LogP contribution in [0.2, 0.25) is 0 Å². The Balaban J connectivity index is 2.24. The van der Waals surface area contributed by atoms with E-state index in [9.17, 15) is 5.11 Å². The lowest BCUT2D eigenvalue weighted by Crippen LogP contribution is -2.10. The molecule has 0 aliphatic rings. The second-order valence-corrected chi connectivity index (χ2v) is 4.86. The Morgan fingerprint density at radius 1 is 1.41 bits per heavy atom. The summed E-state index contributed by atoms with van der Waals surface area (Å²) in [5, 5.41) is 13.4. The number of aromatic nitrogens is 2. The third kappa shape index (κ3) is 3.14. The van der Waals surface area contributed by atoms with Crippen molar-refractivity contribution in [3.63, 3.8) is 0 Å². The van der Waals surface area contributed by atoms with Gasteiger partial charge in [-0.2, -0.15) is 0 Å². The first-order valence-corrected chi connectivity index (χ1v) is 6.28. The maximum atomic E-state index is 9.21. The molecule has 0 amide bonds. The lowest BCUT2D eigenvalue weighted by Gasteiger charge is -2.09. The Bertz CT molecular complexity index is 516. The van der Waals surface area contributed by atoms with Crippen LogP contribution in [0, 0.1) is 0 Å². The smallest absolute Gasteiger partial charge is 0.137 e. The van der Waals surface area contributed by atoms with Gasteiger partial charge in [-0.3, -0.25) is 0 Å². The topological polar surface area (TPSA) is 58.0 Å². The van der Waals surface area contributed by atoms with E-state index in [1.807, 2.05) is 18.2 Å². The molecule has 2 N–H and O–H groups in total. The van der Waals surface area contributed by atoms with Crippen LogP contribution in [0.15, 0.2) is 29.0 Å². The maximum absolute atomic E-state index is 9.21. The van der Waals surface area contributed by atoms with Gasteiger partial charge in [-0.15, -0.1) is 0 Å². The van der Waals surface area contributed by atoms with E-state index >= 15 is 0 Å². The molecule has 1 unspecified atom stereocenters. The van der Waals surface area contributed by atoms with Crippen molar-refractivity contribution >= 4 is 32.7 Å². The van der Waals surface area contributed by atoms with E-state index in [0.29, 0.717) is 13.0 Å². The Morgan fingerprint density at radius 2 is 2.24 bits per heavy atom. The Kier molecular flexibility index (Phi) is 3.91. The third-order valence-corrected chi connectivity index (χ3v) is 2.95. The summed E-state index contributed by atoms with van der Waals surface area (Å²) < 4.78 is 0.998. The largest absolute Gasteiger partial charge is 0.393 e. The number of anilines is 1. The molecule has 1 aromatic carbocycles. The number of hydrogen-bond donors (Lipinski definition) is 2. The van der Waals surface area contributed by atoms with Crippen molar-refractivity contribution in [1.82, 2.24) is 9.97 Å². The number of nitrogens with one attached hydrogen (secondary N) is 1. The van der Waals surface area contributed by atoms with Gasteiger partial charge in [0.15, 0.2) is 0 Å². The van der Waals surface area contributed by atoms with E-state index in [2.05, 4.69) is 31.2 Å². The second kappa shape index (κ2) is 5.42. The molecular weight excluding hydrogens is 282 g/mol. The molecule has 0 bridgehead atoms. The van der Waals surface area contributed by atoms with Gasteiger partial charge in [-0.1, -0.05) is 15.9 Å². The average Bonchev–Trinajstić information content (AvgIpc) is 2.29. The van der Waals surface area contributed by atoms with Crippen LogP contribution >= 0.6 is 15.9 Å². The van der Waals surface area contributed by atoms with Gasteiger partial charge in [0.1, 0.15) is 12.1 Å². The first kappa shape index (κ1) is 12.3. The molecule has 1 atom stereocenters. The van der Waals surface area contributed by atoms with Crippen molar-refractivity contribution in [3.05, 3.63) is 29.0 Å². The van der Waals surface area contributed by atoms with Gasteiger partial charge in [-0.05, 0) is 31.5 Å². The number of hydrogen-bond acceptors (Lipinski definition) is 4. The standard InChI is InChI=1S/C12H14BrN3O/c1-8(17)4-5-14-12-10-6-9(13)2-3-11(10)15-7-16-12/h2-3,6-8,17H,4-5H2,1H3,(H,14,15,16). The van der Waals surface area contributed by atoms with E-state index in [4.69, 9.17) is 0 Å². The maximum Gasteiger partial charge on any atom is 0.137 e. The SMILES string of the molecule is CC(O)CCNc1ncnc2ccc(Br)cc12. The number of halogens is 1. The van der Waals surface area contributed by atoms with Crippen LogP contribution in [-0.4, -0.2) is 27.7 Å². The zero-order valence-corrected chi connectivity index (χ0v) is 11.1. The average molecular weight is 296 g/mol. The molecular formula is C12H14BrN3O. The molecule has 1 aromatic heterocycles. The predicted molar refractivity (Wildman–Crippen MR) is 72.0 cm³/mol. The molecule has 0 spiro atoms. The van der Waals surface area contributed by atoms with Crippen LogP contribution < -0.4 is 5.32 Å². The van der Waals surface area contributed by atoms with Crippen molar-refractivity contribution in [2.75, 3.05) is 11.9 Å². The Morgan fingerprint density at radius 3 is 3.00 bits per heavy atom. The monoisotopic (exact) mass is 295 g/mol. The van der Waals surface area contributed by atoms with Gasteiger partial charge in [-0.25, -0.2) is 9.97 Å². The van der Waals surface area contributed by atoms with Crippen LogP contribution in [0.5, 0.6) is 0 Å². The lowest BCUT2D eigenvalue weighted by atomic mass is 10.2. The highest BCUT2D eigenvalue weighted by molar-refractivity contribution is 9.10. The van der Waals surface area contributed by atoms with Crippen LogP contribution in [0.1, 0.15) is 13.3 Å². The first-order chi connectivity index (χ1) is 8.16. The molecule has 0 aliphatic carbocycles. The number of nitrogens with zero attached hydrogens (tertiary/aromatic N) is 2. The summed E-state index contributed by atoms with van der Waals surface area (Å²) in [6.45, 7) is 2.46. The summed E-state index contributed by atoms with van der Waals surface area (Å²) in [7, 11) is 0. The fourth-order valence-electron chi connectivity index (χ4n) is 1.57. The van der Waals surface area contributed by atoms with Gasteiger partial charge in [0.2, 0.25) is 0 Å². The van der Waals surface area contributed by atoms with E-state index in [1.165, 1.54) is 0 Å². The number of rotatable bonds is 4. The highest BCUT2D eigenvalue weighted by Gasteiger charge is 2.04. The normalized spacial score (nSPS) is 12.6. The zero-order chi connectivity index (χ0) is 12.3. The Hall–Kier alpha value is -1.20. The summed E-state index contributed by atoms with van der Waals surface area (Å²) >= 11 is 3.43. The minimum absolute atomic E-state index is 0.303. The minimum atomic E-state index is -0.303. The summed E-state index contributed by atoms with van der Waals surface area (Å²) in [4.78, 5) is 8.42. The highest BCUT2D eigenvalue weighted by Crippen LogP contribution is 2.23. The molecule has 5 heteroatoms. The van der Waals surface area contributed by atoms with Gasteiger partial charge < -0.3 is 10.4 Å². The zero-order valence-electron chi connectivity index (χ0n) is 9.52. The number of aliphatic hydroxyl groups is 1. The fraction of sp³-hybridized carbons (Fsp3) is 0.333. The summed E-state index contributed by atoms with van der Waals surface area (Å²) in [6.07, 6.45) is 1.93. The molecule has 0 radical (unpaired) electrons. The molecule has 0 saturated carbocycles. The molecule has 4 nitrogen and oxygen atoms in total. The molecule has 2 aromatic rings. The summed E-state index contributed by atoms with van der Waals surface area (Å²) in [5.41, 5.74) is 0.905. The van der Waals surface area contributed by atoms with E-state index in [0.717, 1.165) is 21.2 Å². The van der Waals surface area contributed by atoms with Crippen LogP contribution in [0.25, 0.3) is 10.9 Å². The number of aliphatic hydroxyl groups excluding tert-OH is 1. The van der Waals surface area contributed by atoms with E-state index in [-0.39, 0.29) is 6.10 Å². The summed E-state index contributed by atoms with van der Waals surface area (Å²) in [5.74, 6) is 0.803. The number of fused-ring (bicyclic) bond motifs is 1.